The van der Waals surface area contributed by atoms with Crippen molar-refractivity contribution in [3.05, 3.63) is 0 Å². The predicted molar refractivity (Wildman–Crippen MR) is 42.8 cm³/mol. The van der Waals surface area contributed by atoms with Gasteiger partial charge in [0.1, 0.15) is 0 Å². The van der Waals surface area contributed by atoms with Crippen molar-refractivity contribution in [2.24, 2.45) is 11.8 Å². The Morgan fingerprint density at radius 3 is 1.33 bits per heavy atom. The Balaban J connectivity index is 0.00000144. The van der Waals surface area contributed by atoms with E-state index in [0.29, 0.717) is 25.7 Å². The van der Waals surface area contributed by atoms with E-state index in [1.54, 1.807) is 0 Å². The summed E-state index contributed by atoms with van der Waals surface area (Å²) in [6.07, 6.45) is 2.03. The van der Waals surface area contributed by atoms with Gasteiger partial charge in [0.05, 0.1) is 11.8 Å². The second-order valence-electron chi connectivity index (χ2n) is 3.23. The number of carbonyl (C=O) groups is 2. The first kappa shape index (κ1) is 9.03. The molecule has 0 atom stereocenters. The van der Waals surface area contributed by atoms with E-state index in [4.69, 9.17) is 10.2 Å². The van der Waals surface area contributed by atoms with Crippen LogP contribution in [0.25, 0.3) is 0 Å². The Hall–Kier alpha value is -1.06. The van der Waals surface area contributed by atoms with Crippen LogP contribution in [0.4, 0.5) is 0 Å². The zero-order chi connectivity index (χ0) is 9.14. The van der Waals surface area contributed by atoms with E-state index >= 15 is 0 Å². The summed E-state index contributed by atoms with van der Waals surface area (Å²) in [6.45, 7) is 0. The zero-order valence-electron chi connectivity index (χ0n) is 6.69. The second kappa shape index (κ2) is 3.56. The molecule has 70 valence electrons. The third-order valence-corrected chi connectivity index (χ3v) is 2.43. The van der Waals surface area contributed by atoms with Crippen molar-refractivity contribution in [2.45, 2.75) is 25.7 Å². The minimum Gasteiger partial charge on any atom is -0.481 e. The number of hydrogen-bond donors (Lipinski definition) is 2. The number of carboxylic acids is 2. The van der Waals surface area contributed by atoms with Crippen molar-refractivity contribution in [1.29, 1.82) is 0 Å². The Bertz CT molecular complexity index is 174. The van der Waals surface area contributed by atoms with E-state index in [0.717, 1.165) is 0 Å². The molecule has 0 aromatic heterocycles. The molecular formula is C8H14O4. The largest absolute Gasteiger partial charge is 0.481 e. The summed E-state index contributed by atoms with van der Waals surface area (Å²) >= 11 is 0. The maximum absolute atomic E-state index is 10.5. The lowest BCUT2D eigenvalue weighted by molar-refractivity contribution is -0.148. The molecule has 1 fully saturated rings. The molecule has 0 aliphatic heterocycles. The lowest BCUT2D eigenvalue weighted by Gasteiger charge is -2.22. The fourth-order valence-corrected chi connectivity index (χ4v) is 1.59. The van der Waals surface area contributed by atoms with E-state index in [9.17, 15) is 9.59 Å². The highest BCUT2D eigenvalue weighted by Gasteiger charge is 2.29. The Morgan fingerprint density at radius 2 is 1.17 bits per heavy atom. The van der Waals surface area contributed by atoms with Gasteiger partial charge < -0.3 is 10.2 Å². The first-order chi connectivity index (χ1) is 5.61. The van der Waals surface area contributed by atoms with Crippen molar-refractivity contribution in [3.63, 3.8) is 0 Å². The topological polar surface area (TPSA) is 74.6 Å². The van der Waals surface area contributed by atoms with Crippen molar-refractivity contribution in [2.75, 3.05) is 0 Å². The molecule has 12 heavy (non-hydrogen) atoms. The van der Waals surface area contributed by atoms with E-state index in [2.05, 4.69) is 0 Å². The van der Waals surface area contributed by atoms with Crippen LogP contribution in [-0.4, -0.2) is 22.2 Å². The molecule has 0 heterocycles. The molecule has 0 spiro atoms. The maximum atomic E-state index is 10.5. The fourth-order valence-electron chi connectivity index (χ4n) is 1.59. The van der Waals surface area contributed by atoms with Crippen LogP contribution in [0, 0.1) is 11.8 Å². The summed E-state index contributed by atoms with van der Waals surface area (Å²) in [5.41, 5.74) is 0. The van der Waals surface area contributed by atoms with Crippen LogP contribution in [0.3, 0.4) is 0 Å². The van der Waals surface area contributed by atoms with E-state index < -0.39 is 11.9 Å². The molecule has 1 rings (SSSR count). The quantitative estimate of drug-likeness (QED) is 0.659. The van der Waals surface area contributed by atoms with Gasteiger partial charge in [-0.1, -0.05) is 0 Å². The highest BCUT2D eigenvalue weighted by atomic mass is 16.4. The van der Waals surface area contributed by atoms with Crippen molar-refractivity contribution in [3.8, 4) is 0 Å². The third kappa shape index (κ3) is 1.96. The fraction of sp³-hybridized carbons (Fsp3) is 0.750. The second-order valence-corrected chi connectivity index (χ2v) is 3.23. The lowest BCUT2D eigenvalue weighted by atomic mass is 9.82. The summed E-state index contributed by atoms with van der Waals surface area (Å²) in [5.74, 6) is -2.22. The zero-order valence-corrected chi connectivity index (χ0v) is 6.69. The van der Waals surface area contributed by atoms with Crippen LogP contribution in [-0.2, 0) is 9.59 Å². The minimum absolute atomic E-state index is 0. The Kier molecular flexibility index (Phi) is 2.68. The van der Waals surface area contributed by atoms with Gasteiger partial charge in [0.25, 0.3) is 0 Å². The summed E-state index contributed by atoms with van der Waals surface area (Å²) in [5, 5.41) is 17.2. The smallest absolute Gasteiger partial charge is 0.306 e. The Morgan fingerprint density at radius 1 is 0.917 bits per heavy atom. The van der Waals surface area contributed by atoms with Gasteiger partial charge >= 0.3 is 11.9 Å². The maximum Gasteiger partial charge on any atom is 0.306 e. The van der Waals surface area contributed by atoms with E-state index in [-0.39, 0.29) is 13.3 Å². The van der Waals surface area contributed by atoms with Crippen LogP contribution in [0.15, 0.2) is 0 Å². The average molecular weight is 174 g/mol. The monoisotopic (exact) mass is 174 g/mol. The molecule has 1 saturated carbocycles. The molecule has 0 unspecified atom stereocenters. The molecule has 0 bridgehead atoms. The van der Waals surface area contributed by atoms with Gasteiger partial charge in [-0.05, 0) is 25.7 Å². The molecule has 0 saturated heterocycles. The summed E-state index contributed by atoms with van der Waals surface area (Å²) in [6, 6.07) is 0. The van der Waals surface area contributed by atoms with Gasteiger partial charge in [0.15, 0.2) is 0 Å². The lowest BCUT2D eigenvalue weighted by Crippen LogP contribution is -2.25. The molecular weight excluding hydrogens is 160 g/mol. The number of hydrogen-bond acceptors (Lipinski definition) is 2. The summed E-state index contributed by atoms with van der Waals surface area (Å²) in [7, 11) is 0. The first-order valence-corrected chi connectivity index (χ1v) is 4.07. The molecule has 0 aromatic rings. The molecule has 1 aliphatic carbocycles. The summed E-state index contributed by atoms with van der Waals surface area (Å²) in [4.78, 5) is 21.0. The van der Waals surface area contributed by atoms with Gasteiger partial charge in [0.2, 0.25) is 0 Å². The van der Waals surface area contributed by atoms with Crippen LogP contribution in [0.5, 0.6) is 0 Å². The molecule has 2 N–H and O–H groups in total. The summed E-state index contributed by atoms with van der Waals surface area (Å²) < 4.78 is 0. The molecule has 0 aromatic carbocycles. The SMILES string of the molecule is O=C(O)C1CCC(C(=O)O)CC1.[HH]. The normalized spacial score (nSPS) is 29.7. The molecule has 1 aliphatic rings. The third-order valence-electron chi connectivity index (χ3n) is 2.43. The van der Waals surface area contributed by atoms with E-state index in [1.165, 1.54) is 0 Å². The van der Waals surface area contributed by atoms with Crippen LogP contribution >= 0.6 is 0 Å². The minimum atomic E-state index is -0.793. The van der Waals surface area contributed by atoms with Crippen LogP contribution < -0.4 is 0 Å². The average Bonchev–Trinajstić information content (AvgIpc) is 2.04. The van der Waals surface area contributed by atoms with E-state index in [1.807, 2.05) is 0 Å². The van der Waals surface area contributed by atoms with Crippen molar-refractivity contribution in [1.82, 2.24) is 0 Å². The van der Waals surface area contributed by atoms with Crippen LogP contribution in [0.1, 0.15) is 27.1 Å². The predicted octanol–water partition coefficient (Wildman–Crippen LogP) is 1.21. The molecule has 4 nitrogen and oxygen atoms in total. The van der Waals surface area contributed by atoms with Crippen LogP contribution in [0.2, 0.25) is 0 Å². The standard InChI is InChI=1S/C8H12O4.H2/c9-7(10)5-1-2-6(4-3-5)8(11)12;/h5-6H,1-4H2,(H,9,10)(H,11,12);1H. The van der Waals surface area contributed by atoms with Gasteiger partial charge in [-0.15, -0.1) is 0 Å². The molecule has 0 radical (unpaired) electrons. The molecule has 0 amide bonds. The van der Waals surface area contributed by atoms with Gasteiger partial charge in [-0.2, -0.15) is 0 Å². The Labute approximate surface area is 71.7 Å². The van der Waals surface area contributed by atoms with Crippen molar-refractivity contribution < 1.29 is 21.2 Å². The van der Waals surface area contributed by atoms with Gasteiger partial charge in [0, 0.05) is 1.43 Å². The van der Waals surface area contributed by atoms with Gasteiger partial charge in [-0.25, -0.2) is 0 Å². The number of rotatable bonds is 2. The number of carboxylic acid groups (broad SMARTS) is 2. The number of aliphatic carboxylic acids is 2. The highest BCUT2D eigenvalue weighted by Crippen LogP contribution is 2.28. The molecule has 4 heteroatoms. The first-order valence-electron chi connectivity index (χ1n) is 4.07. The van der Waals surface area contributed by atoms with Gasteiger partial charge in [-0.3, -0.25) is 9.59 Å². The van der Waals surface area contributed by atoms with Crippen molar-refractivity contribution >= 4 is 11.9 Å². The highest BCUT2D eigenvalue weighted by molar-refractivity contribution is 5.72.